The van der Waals surface area contributed by atoms with Gasteiger partial charge in [-0.1, -0.05) is 13.8 Å². The molecule has 2 rings (SSSR count). The number of hydrogen-bond donors (Lipinski definition) is 1. The summed E-state index contributed by atoms with van der Waals surface area (Å²) in [5.41, 5.74) is 2.65. The number of carbonyl (C=O) groups is 1. The summed E-state index contributed by atoms with van der Waals surface area (Å²) in [4.78, 5) is 24.2. The van der Waals surface area contributed by atoms with E-state index in [1.54, 1.807) is 13.0 Å². The molecular weight excluding hydrogens is 286 g/mol. The van der Waals surface area contributed by atoms with Crippen molar-refractivity contribution in [1.29, 1.82) is 0 Å². The van der Waals surface area contributed by atoms with Crippen molar-refractivity contribution in [2.75, 3.05) is 0 Å². The Morgan fingerprint density at radius 2 is 1.95 bits per heavy atom. The number of carboxylic acids is 1. The predicted molar refractivity (Wildman–Crippen MR) is 80.9 cm³/mol. The number of pyridine rings is 1. The molecule has 0 fully saturated rings. The van der Waals surface area contributed by atoms with Gasteiger partial charge in [-0.15, -0.1) is 0 Å². The topological polar surface area (TPSA) is 76.0 Å². The minimum atomic E-state index is -0.972. The van der Waals surface area contributed by atoms with Gasteiger partial charge in [-0.3, -0.25) is 0 Å². The number of carboxylic acid groups (broad SMARTS) is 1. The zero-order chi connectivity index (χ0) is 15.6. The normalized spacial score (nSPS) is 10.9. The molecule has 0 saturated carbocycles. The van der Waals surface area contributed by atoms with Crippen molar-refractivity contribution in [3.8, 4) is 0 Å². The molecule has 110 valence electrons. The summed E-state index contributed by atoms with van der Waals surface area (Å²) in [5, 5.41) is 10.5. The fraction of sp³-hybridized carbons (Fsp3) is 0.333. The molecule has 6 heteroatoms. The van der Waals surface area contributed by atoms with Crippen LogP contribution in [-0.4, -0.2) is 26.0 Å². The molecule has 0 radical (unpaired) electrons. The summed E-state index contributed by atoms with van der Waals surface area (Å²) < 4.78 is 0. The quantitative estimate of drug-likeness (QED) is 0.872. The van der Waals surface area contributed by atoms with Crippen molar-refractivity contribution in [1.82, 2.24) is 15.0 Å². The van der Waals surface area contributed by atoms with Gasteiger partial charge in [0.2, 0.25) is 0 Å². The highest BCUT2D eigenvalue weighted by Crippen LogP contribution is 2.30. The zero-order valence-electron chi connectivity index (χ0n) is 12.4. The Kier molecular flexibility index (Phi) is 4.57. The Balaban J connectivity index is 2.44. The molecule has 21 heavy (non-hydrogen) atoms. The first-order valence-corrected chi connectivity index (χ1v) is 7.41. The number of aromatic nitrogens is 3. The fourth-order valence-corrected chi connectivity index (χ4v) is 2.98. The van der Waals surface area contributed by atoms with E-state index < -0.39 is 5.97 Å². The average molecular weight is 303 g/mol. The van der Waals surface area contributed by atoms with Gasteiger partial charge in [-0.05, 0) is 49.2 Å². The third kappa shape index (κ3) is 3.58. The van der Waals surface area contributed by atoms with Crippen LogP contribution in [0, 0.1) is 13.8 Å². The summed E-state index contributed by atoms with van der Waals surface area (Å²) >= 11 is 1.26. The van der Waals surface area contributed by atoms with Gasteiger partial charge in [0.05, 0.1) is 5.56 Å². The molecule has 0 spiro atoms. The highest BCUT2D eigenvalue weighted by molar-refractivity contribution is 7.99. The number of hydrogen-bond acceptors (Lipinski definition) is 5. The van der Waals surface area contributed by atoms with E-state index in [1.165, 1.54) is 18.1 Å². The SMILES string of the molecule is Cc1cc(C)c(C(=O)O)c(Sc2cc(C(C)C)ncn2)n1. The van der Waals surface area contributed by atoms with Gasteiger partial charge < -0.3 is 5.11 Å². The first-order chi connectivity index (χ1) is 9.88. The van der Waals surface area contributed by atoms with Crippen molar-refractivity contribution >= 4 is 17.7 Å². The van der Waals surface area contributed by atoms with Crippen LogP contribution in [0.15, 0.2) is 28.5 Å². The van der Waals surface area contributed by atoms with Crippen LogP contribution in [0.5, 0.6) is 0 Å². The van der Waals surface area contributed by atoms with E-state index >= 15 is 0 Å². The molecule has 0 aliphatic carbocycles. The maximum Gasteiger partial charge on any atom is 0.338 e. The van der Waals surface area contributed by atoms with Crippen molar-refractivity contribution in [2.45, 2.75) is 43.7 Å². The zero-order valence-corrected chi connectivity index (χ0v) is 13.2. The maximum absolute atomic E-state index is 11.4. The third-order valence-corrected chi connectivity index (χ3v) is 3.90. The highest BCUT2D eigenvalue weighted by atomic mass is 32.2. The van der Waals surface area contributed by atoms with Crippen molar-refractivity contribution in [3.63, 3.8) is 0 Å². The van der Waals surface area contributed by atoms with E-state index in [0.717, 1.165) is 11.4 Å². The summed E-state index contributed by atoms with van der Waals surface area (Å²) in [5.74, 6) is -0.681. The van der Waals surface area contributed by atoms with Gasteiger partial charge in [0.1, 0.15) is 16.4 Å². The molecular formula is C15H17N3O2S. The van der Waals surface area contributed by atoms with E-state index in [0.29, 0.717) is 21.5 Å². The van der Waals surface area contributed by atoms with Gasteiger partial charge >= 0.3 is 5.97 Å². The lowest BCUT2D eigenvalue weighted by Gasteiger charge is -2.10. The summed E-state index contributed by atoms with van der Waals surface area (Å²) in [6.45, 7) is 7.73. The maximum atomic E-state index is 11.4. The Morgan fingerprint density at radius 3 is 2.57 bits per heavy atom. The largest absolute Gasteiger partial charge is 0.478 e. The van der Waals surface area contributed by atoms with Gasteiger partial charge in [-0.25, -0.2) is 19.7 Å². The summed E-state index contributed by atoms with van der Waals surface area (Å²) in [6, 6.07) is 3.65. The molecule has 2 heterocycles. The second-order valence-electron chi connectivity index (χ2n) is 5.10. The molecule has 2 aromatic heterocycles. The average Bonchev–Trinajstić information content (AvgIpc) is 2.37. The second-order valence-corrected chi connectivity index (χ2v) is 6.11. The van der Waals surface area contributed by atoms with Crippen molar-refractivity contribution in [3.05, 3.63) is 41.0 Å². The summed E-state index contributed by atoms with van der Waals surface area (Å²) in [7, 11) is 0. The molecule has 0 aliphatic rings. The van der Waals surface area contributed by atoms with Crippen LogP contribution in [0.2, 0.25) is 0 Å². The van der Waals surface area contributed by atoms with E-state index in [2.05, 4.69) is 28.8 Å². The van der Waals surface area contributed by atoms with E-state index in [1.807, 2.05) is 13.0 Å². The monoisotopic (exact) mass is 303 g/mol. The van der Waals surface area contributed by atoms with E-state index in [-0.39, 0.29) is 5.56 Å². The number of rotatable bonds is 4. The molecule has 0 atom stereocenters. The Labute approximate surface area is 127 Å². The standard InChI is InChI=1S/C15H17N3O2S/c1-8(2)11-6-12(17-7-16-11)21-14-13(15(19)20)9(3)5-10(4)18-14/h5-8H,1-4H3,(H,19,20). The molecule has 2 aromatic rings. The van der Waals surface area contributed by atoms with Crippen molar-refractivity contribution < 1.29 is 9.90 Å². The Bertz CT molecular complexity index is 687. The molecule has 0 bridgehead atoms. The minimum absolute atomic E-state index is 0.232. The fourth-order valence-electron chi connectivity index (χ4n) is 1.96. The van der Waals surface area contributed by atoms with Crippen LogP contribution in [0.4, 0.5) is 0 Å². The lowest BCUT2D eigenvalue weighted by atomic mass is 10.1. The van der Waals surface area contributed by atoms with Crippen LogP contribution in [0.1, 0.15) is 47.1 Å². The molecule has 0 aliphatic heterocycles. The molecule has 0 saturated heterocycles. The molecule has 0 aromatic carbocycles. The molecule has 0 amide bonds. The number of aryl methyl sites for hydroxylation is 2. The molecule has 0 unspecified atom stereocenters. The molecule has 1 N–H and O–H groups in total. The van der Waals surface area contributed by atoms with Crippen LogP contribution < -0.4 is 0 Å². The van der Waals surface area contributed by atoms with Crippen LogP contribution in [0.25, 0.3) is 0 Å². The van der Waals surface area contributed by atoms with Crippen LogP contribution in [0.3, 0.4) is 0 Å². The Morgan fingerprint density at radius 1 is 1.24 bits per heavy atom. The first kappa shape index (κ1) is 15.4. The first-order valence-electron chi connectivity index (χ1n) is 6.59. The van der Waals surface area contributed by atoms with Crippen molar-refractivity contribution in [2.24, 2.45) is 0 Å². The number of aromatic carboxylic acids is 1. The summed E-state index contributed by atoms with van der Waals surface area (Å²) in [6.07, 6.45) is 1.50. The van der Waals surface area contributed by atoms with Gasteiger partial charge in [-0.2, -0.15) is 0 Å². The highest BCUT2D eigenvalue weighted by Gasteiger charge is 2.17. The predicted octanol–water partition coefficient (Wildman–Crippen LogP) is 3.46. The van der Waals surface area contributed by atoms with Gasteiger partial charge in [0.15, 0.2) is 0 Å². The third-order valence-electron chi connectivity index (χ3n) is 2.98. The lowest BCUT2D eigenvalue weighted by molar-refractivity contribution is 0.0691. The lowest BCUT2D eigenvalue weighted by Crippen LogP contribution is -2.05. The van der Waals surface area contributed by atoms with Crippen LogP contribution >= 0.6 is 11.8 Å². The van der Waals surface area contributed by atoms with E-state index in [9.17, 15) is 9.90 Å². The van der Waals surface area contributed by atoms with Gasteiger partial charge in [0, 0.05) is 11.4 Å². The van der Waals surface area contributed by atoms with Gasteiger partial charge in [0.25, 0.3) is 0 Å². The molecule has 5 nitrogen and oxygen atoms in total. The van der Waals surface area contributed by atoms with E-state index in [4.69, 9.17) is 0 Å². The van der Waals surface area contributed by atoms with Crippen LogP contribution in [-0.2, 0) is 0 Å². The smallest absolute Gasteiger partial charge is 0.338 e. The Hall–Kier alpha value is -1.95. The minimum Gasteiger partial charge on any atom is -0.478 e. The number of nitrogens with zero attached hydrogens (tertiary/aromatic N) is 3. The second kappa shape index (κ2) is 6.22.